The fourth-order valence-corrected chi connectivity index (χ4v) is 3.75. The maximum atomic E-state index is 12.4. The minimum atomic E-state index is -1.11. The molecule has 0 saturated carbocycles. The Kier molecular flexibility index (Phi) is 5.28. The van der Waals surface area contributed by atoms with Crippen LogP contribution in [0.4, 0.5) is 0 Å². The molecule has 1 aromatic heterocycles. The molecule has 5 nitrogen and oxygen atoms in total. The smallest absolute Gasteiger partial charge is 0.239 e. The van der Waals surface area contributed by atoms with Crippen molar-refractivity contribution in [1.29, 1.82) is 0 Å². The van der Waals surface area contributed by atoms with Gasteiger partial charge in [-0.25, -0.2) is 0 Å². The number of benzene rings is 2. The number of hydrogen-bond donors (Lipinski definition) is 0. The van der Waals surface area contributed by atoms with Crippen molar-refractivity contribution in [3.8, 4) is 17.1 Å². The van der Waals surface area contributed by atoms with Crippen LogP contribution in [-0.2, 0) is 22.3 Å². The Hall–Kier alpha value is -2.47. The van der Waals surface area contributed by atoms with Gasteiger partial charge in [-0.2, -0.15) is 4.98 Å². The summed E-state index contributed by atoms with van der Waals surface area (Å²) in [4.78, 5) is 4.35. The Morgan fingerprint density at radius 2 is 1.84 bits per heavy atom. The molecule has 0 aliphatic heterocycles. The third kappa shape index (κ3) is 4.54. The molecular formula is C19H20N2O3S. The van der Waals surface area contributed by atoms with Crippen LogP contribution >= 0.6 is 0 Å². The predicted octanol–water partition coefficient (Wildman–Crippen LogP) is 3.81. The number of ether oxygens (including phenoxy) is 1. The Morgan fingerprint density at radius 3 is 2.56 bits per heavy atom. The largest absolute Gasteiger partial charge is 0.497 e. The highest BCUT2D eigenvalue weighted by molar-refractivity contribution is 7.83. The van der Waals surface area contributed by atoms with Crippen molar-refractivity contribution in [1.82, 2.24) is 10.1 Å². The van der Waals surface area contributed by atoms with E-state index >= 15 is 0 Å². The molecule has 0 aliphatic carbocycles. The van der Waals surface area contributed by atoms with Crippen molar-refractivity contribution in [2.24, 2.45) is 0 Å². The molecule has 0 radical (unpaired) electrons. The van der Waals surface area contributed by atoms with Crippen LogP contribution in [0.3, 0.4) is 0 Å². The molecule has 0 aliphatic rings. The fourth-order valence-electron chi connectivity index (χ4n) is 2.72. The monoisotopic (exact) mass is 356 g/mol. The molecule has 6 heteroatoms. The van der Waals surface area contributed by atoms with Gasteiger partial charge < -0.3 is 9.26 Å². The van der Waals surface area contributed by atoms with Gasteiger partial charge in [-0.3, -0.25) is 4.21 Å². The highest BCUT2D eigenvalue weighted by atomic mass is 32.2. The molecular weight excluding hydrogens is 336 g/mol. The summed E-state index contributed by atoms with van der Waals surface area (Å²) in [6, 6.07) is 13.6. The van der Waals surface area contributed by atoms with Crippen LogP contribution in [0.1, 0.15) is 22.6 Å². The van der Waals surface area contributed by atoms with E-state index in [4.69, 9.17) is 9.26 Å². The van der Waals surface area contributed by atoms with Gasteiger partial charge in [0.25, 0.3) is 0 Å². The summed E-state index contributed by atoms with van der Waals surface area (Å²) in [5, 5.41) is 3.97. The predicted molar refractivity (Wildman–Crippen MR) is 97.8 cm³/mol. The molecule has 0 amide bonds. The highest BCUT2D eigenvalue weighted by Gasteiger charge is 2.13. The van der Waals surface area contributed by atoms with Gasteiger partial charge in [0.05, 0.1) is 7.11 Å². The molecule has 3 aromatic rings. The number of rotatable bonds is 6. The summed E-state index contributed by atoms with van der Waals surface area (Å²) < 4.78 is 22.9. The first kappa shape index (κ1) is 17.4. The van der Waals surface area contributed by atoms with Crippen molar-refractivity contribution in [2.45, 2.75) is 25.4 Å². The van der Waals surface area contributed by atoms with E-state index in [0.717, 1.165) is 16.9 Å². The molecule has 130 valence electrons. The molecule has 3 rings (SSSR count). The maximum Gasteiger partial charge on any atom is 0.239 e. The molecule has 0 spiro atoms. The summed E-state index contributed by atoms with van der Waals surface area (Å²) in [5.41, 5.74) is 4.20. The van der Waals surface area contributed by atoms with Gasteiger partial charge in [-0.15, -0.1) is 0 Å². The van der Waals surface area contributed by atoms with Gasteiger partial charge in [-0.1, -0.05) is 46.6 Å². The van der Waals surface area contributed by atoms with Crippen molar-refractivity contribution < 1.29 is 13.5 Å². The van der Waals surface area contributed by atoms with Gasteiger partial charge in [0.15, 0.2) is 0 Å². The first-order valence-corrected chi connectivity index (χ1v) is 9.41. The van der Waals surface area contributed by atoms with E-state index in [1.54, 1.807) is 7.11 Å². The lowest BCUT2D eigenvalue weighted by Crippen LogP contribution is -2.00. The van der Waals surface area contributed by atoms with E-state index in [0.29, 0.717) is 17.5 Å². The number of aromatic nitrogens is 2. The molecule has 1 atom stereocenters. The van der Waals surface area contributed by atoms with Gasteiger partial charge in [0.2, 0.25) is 11.7 Å². The Morgan fingerprint density at radius 1 is 1.08 bits per heavy atom. The third-order valence-corrected chi connectivity index (χ3v) is 4.91. The standard InChI is InChI=1S/C19H20N2O3S/c1-13-7-14(2)9-15(8-13)11-25(22)12-18-20-19(21-24-18)16-5-4-6-17(10-16)23-3/h4-10H,11-12H2,1-3H3. The van der Waals surface area contributed by atoms with Crippen LogP contribution in [0.25, 0.3) is 11.4 Å². The zero-order valence-electron chi connectivity index (χ0n) is 14.5. The fraction of sp³-hybridized carbons (Fsp3) is 0.263. The zero-order chi connectivity index (χ0) is 17.8. The van der Waals surface area contributed by atoms with Crippen LogP contribution < -0.4 is 4.74 Å². The summed E-state index contributed by atoms with van der Waals surface area (Å²) in [5.74, 6) is 2.28. The molecule has 1 heterocycles. The van der Waals surface area contributed by atoms with E-state index in [1.807, 2.05) is 38.1 Å². The van der Waals surface area contributed by atoms with E-state index in [-0.39, 0.29) is 5.75 Å². The Bertz CT molecular complexity index is 885. The van der Waals surface area contributed by atoms with Crippen molar-refractivity contribution in [3.63, 3.8) is 0 Å². The summed E-state index contributed by atoms with van der Waals surface area (Å²) >= 11 is 0. The van der Waals surface area contributed by atoms with E-state index in [9.17, 15) is 4.21 Å². The summed E-state index contributed by atoms with van der Waals surface area (Å²) in [6.45, 7) is 4.08. The van der Waals surface area contributed by atoms with Crippen LogP contribution in [0.2, 0.25) is 0 Å². The average molecular weight is 356 g/mol. The van der Waals surface area contributed by atoms with E-state index < -0.39 is 10.8 Å². The second-order valence-corrected chi connectivity index (χ2v) is 7.43. The number of hydrogen-bond acceptors (Lipinski definition) is 5. The highest BCUT2D eigenvalue weighted by Crippen LogP contribution is 2.21. The maximum absolute atomic E-state index is 12.4. The van der Waals surface area contributed by atoms with Gasteiger partial charge in [-0.05, 0) is 31.5 Å². The topological polar surface area (TPSA) is 65.2 Å². The van der Waals surface area contributed by atoms with Crippen molar-refractivity contribution >= 4 is 10.8 Å². The van der Waals surface area contributed by atoms with Gasteiger partial charge >= 0.3 is 0 Å². The van der Waals surface area contributed by atoms with Gasteiger partial charge in [0, 0.05) is 22.1 Å². The van der Waals surface area contributed by atoms with Crippen molar-refractivity contribution in [3.05, 3.63) is 65.0 Å². The second kappa shape index (κ2) is 7.61. The SMILES string of the molecule is COc1cccc(-c2noc(CS(=O)Cc3cc(C)cc(C)c3)n2)c1. The second-order valence-electron chi connectivity index (χ2n) is 5.97. The minimum Gasteiger partial charge on any atom is -0.497 e. The average Bonchev–Trinajstić information content (AvgIpc) is 3.02. The third-order valence-electron chi connectivity index (χ3n) is 3.69. The molecule has 0 fully saturated rings. The Balaban J connectivity index is 1.69. The van der Waals surface area contributed by atoms with Crippen LogP contribution in [0, 0.1) is 13.8 Å². The lowest BCUT2D eigenvalue weighted by molar-refractivity contribution is 0.390. The molecule has 0 saturated heterocycles. The van der Waals surface area contributed by atoms with E-state index in [2.05, 4.69) is 28.3 Å². The molecule has 0 bridgehead atoms. The normalized spacial score (nSPS) is 12.1. The van der Waals surface area contributed by atoms with Gasteiger partial charge in [0.1, 0.15) is 11.5 Å². The Labute approximate surface area is 149 Å². The zero-order valence-corrected chi connectivity index (χ0v) is 15.3. The van der Waals surface area contributed by atoms with Crippen LogP contribution in [0.15, 0.2) is 47.0 Å². The molecule has 0 N–H and O–H groups in total. The molecule has 2 aromatic carbocycles. The lowest BCUT2D eigenvalue weighted by atomic mass is 10.1. The van der Waals surface area contributed by atoms with Crippen LogP contribution in [-0.4, -0.2) is 21.5 Å². The van der Waals surface area contributed by atoms with Crippen molar-refractivity contribution in [2.75, 3.05) is 7.11 Å². The first-order chi connectivity index (χ1) is 12.0. The van der Waals surface area contributed by atoms with E-state index in [1.165, 1.54) is 11.1 Å². The lowest BCUT2D eigenvalue weighted by Gasteiger charge is -2.04. The number of aryl methyl sites for hydroxylation is 2. The molecule has 25 heavy (non-hydrogen) atoms. The first-order valence-electron chi connectivity index (χ1n) is 7.92. The quantitative estimate of drug-likeness (QED) is 0.672. The summed E-state index contributed by atoms with van der Waals surface area (Å²) in [7, 11) is 0.500. The number of nitrogens with zero attached hydrogens (tertiary/aromatic N) is 2. The molecule has 1 unspecified atom stereocenters. The summed E-state index contributed by atoms with van der Waals surface area (Å²) in [6.07, 6.45) is 0. The number of methoxy groups -OCH3 is 1. The van der Waals surface area contributed by atoms with Crippen LogP contribution in [0.5, 0.6) is 5.75 Å². The minimum absolute atomic E-state index is 0.240.